The van der Waals surface area contributed by atoms with Crippen LogP contribution in [0.15, 0.2) is 119 Å². The van der Waals surface area contributed by atoms with Crippen molar-refractivity contribution in [1.82, 2.24) is 0 Å². The highest BCUT2D eigenvalue weighted by atomic mass is 79.9. The van der Waals surface area contributed by atoms with Gasteiger partial charge in [-0.25, -0.2) is 0 Å². The van der Waals surface area contributed by atoms with Gasteiger partial charge in [0.15, 0.2) is 11.5 Å². The third-order valence-corrected chi connectivity index (χ3v) is 9.31. The van der Waals surface area contributed by atoms with Crippen molar-refractivity contribution < 1.29 is 9.47 Å². The van der Waals surface area contributed by atoms with Gasteiger partial charge in [0.2, 0.25) is 0 Å². The van der Waals surface area contributed by atoms with Gasteiger partial charge in [0, 0.05) is 17.8 Å². The van der Waals surface area contributed by atoms with E-state index in [9.17, 15) is 0 Å². The van der Waals surface area contributed by atoms with Crippen LogP contribution < -0.4 is 14.8 Å². The molecule has 7 rings (SSSR count). The molecule has 0 amide bonds. The molecule has 3 atom stereocenters. The van der Waals surface area contributed by atoms with Crippen LogP contribution in [0, 0.1) is 12.8 Å². The number of nitrogens with zero attached hydrogens (tertiary/aromatic N) is 1. The number of aryl methyl sites for hydroxylation is 1. The number of nitrogens with one attached hydrogen (secondary N) is 1. The summed E-state index contributed by atoms with van der Waals surface area (Å²) in [6.45, 7) is 5.13. The summed E-state index contributed by atoms with van der Waals surface area (Å²) >= 11 is 3.73. The van der Waals surface area contributed by atoms with Crippen LogP contribution in [0.5, 0.6) is 11.5 Å². The first-order chi connectivity index (χ1) is 21.6. The monoisotopic (exact) mass is 642 g/mol. The lowest BCUT2D eigenvalue weighted by Gasteiger charge is -2.37. The van der Waals surface area contributed by atoms with E-state index in [1.54, 1.807) is 0 Å². The molecule has 5 aromatic rings. The molecule has 1 aliphatic carbocycles. The average Bonchev–Trinajstić information content (AvgIpc) is 3.54. The molecule has 0 fully saturated rings. The Morgan fingerprint density at radius 1 is 0.932 bits per heavy atom. The van der Waals surface area contributed by atoms with Crippen molar-refractivity contribution in [1.29, 1.82) is 0 Å². The fraction of sp³-hybridized carbons (Fsp3) is 0.205. The van der Waals surface area contributed by atoms with Gasteiger partial charge in [-0.15, -0.1) is 0 Å². The number of hydrogen-bond donors (Lipinski definition) is 1. The van der Waals surface area contributed by atoms with Crippen molar-refractivity contribution in [2.24, 2.45) is 10.9 Å². The molecule has 0 saturated carbocycles. The lowest BCUT2D eigenvalue weighted by Crippen LogP contribution is -2.29. The highest BCUT2D eigenvalue weighted by Crippen LogP contribution is 2.50. The summed E-state index contributed by atoms with van der Waals surface area (Å²) in [6.07, 6.45) is 7.71. The van der Waals surface area contributed by atoms with Crippen LogP contribution in [0.4, 0.5) is 11.4 Å². The zero-order chi connectivity index (χ0) is 30.0. The van der Waals surface area contributed by atoms with Gasteiger partial charge in [-0.3, -0.25) is 4.99 Å². The predicted octanol–water partition coefficient (Wildman–Crippen LogP) is 10.5. The van der Waals surface area contributed by atoms with Crippen molar-refractivity contribution >= 4 is 44.3 Å². The van der Waals surface area contributed by atoms with Gasteiger partial charge in [-0.1, -0.05) is 84.4 Å². The van der Waals surface area contributed by atoms with Gasteiger partial charge in [0.1, 0.15) is 6.61 Å². The number of anilines is 1. The van der Waals surface area contributed by atoms with E-state index in [1.807, 2.05) is 25.3 Å². The zero-order valence-electron chi connectivity index (χ0n) is 25.0. The predicted molar refractivity (Wildman–Crippen MR) is 185 cm³/mol. The van der Waals surface area contributed by atoms with E-state index in [2.05, 4.69) is 125 Å². The number of ether oxygens (including phenoxy) is 2. The number of allylic oxidation sites excluding steroid dienone is 2. The van der Waals surface area contributed by atoms with Crippen LogP contribution in [-0.4, -0.2) is 12.8 Å². The Morgan fingerprint density at radius 2 is 1.77 bits per heavy atom. The van der Waals surface area contributed by atoms with Gasteiger partial charge < -0.3 is 14.8 Å². The minimum Gasteiger partial charge on any atom is -0.490 e. The summed E-state index contributed by atoms with van der Waals surface area (Å²) in [4.78, 5) is 4.80. The Morgan fingerprint density at radius 3 is 2.64 bits per heavy atom. The number of aliphatic imine (C=N–C) groups is 1. The van der Waals surface area contributed by atoms with Crippen LogP contribution in [0.3, 0.4) is 0 Å². The third kappa shape index (κ3) is 5.65. The van der Waals surface area contributed by atoms with E-state index in [0.29, 0.717) is 36.5 Å². The van der Waals surface area contributed by atoms with Crippen LogP contribution in [0.25, 0.3) is 10.8 Å². The van der Waals surface area contributed by atoms with Crippen LogP contribution in [0.2, 0.25) is 0 Å². The van der Waals surface area contributed by atoms with Gasteiger partial charge in [0.05, 0.1) is 22.8 Å². The molecule has 0 bridgehead atoms. The van der Waals surface area contributed by atoms with Crippen molar-refractivity contribution in [3.63, 3.8) is 0 Å². The van der Waals surface area contributed by atoms with Crippen molar-refractivity contribution in [3.05, 3.63) is 142 Å². The first-order valence-corrected chi connectivity index (χ1v) is 16.1. The molecule has 2 aliphatic rings. The molecule has 44 heavy (non-hydrogen) atoms. The van der Waals surface area contributed by atoms with E-state index in [0.717, 1.165) is 27.7 Å². The summed E-state index contributed by atoms with van der Waals surface area (Å²) in [7, 11) is 0. The Balaban J connectivity index is 1.08. The molecular weight excluding hydrogens is 608 g/mol. The fourth-order valence-electron chi connectivity index (χ4n) is 6.59. The van der Waals surface area contributed by atoms with E-state index >= 15 is 0 Å². The number of fused-ring (bicyclic) bond motifs is 4. The molecule has 0 unspecified atom stereocenters. The normalized spacial score (nSPS) is 18.7. The molecule has 1 aliphatic heterocycles. The van der Waals surface area contributed by atoms with Crippen molar-refractivity contribution in [3.8, 4) is 11.5 Å². The highest BCUT2D eigenvalue weighted by Gasteiger charge is 2.37. The standard InChI is InChI=1S/C39H35BrN2O2/c1-3-43-37-22-26(21-35(40)39(37)44-24-29-10-6-9-27-8-4-5-11-31(27)29)23-41-30-17-15-28(16-18-30)38-33-13-7-12-32(33)34-20-25(2)14-19-36(34)42-38/h4-12,14-23,32-33,38,42H,3,13,24H2,1-2H3/t32-,33+,38+/m1/s1. The Hall–Kier alpha value is -4.35. The topological polar surface area (TPSA) is 42.8 Å². The summed E-state index contributed by atoms with van der Waals surface area (Å²) < 4.78 is 13.2. The van der Waals surface area contributed by atoms with Gasteiger partial charge in [-0.05, 0) is 105 Å². The molecular formula is C39H35BrN2O2. The smallest absolute Gasteiger partial charge is 0.175 e. The Labute approximate surface area is 267 Å². The second-order valence-corrected chi connectivity index (χ2v) is 12.5. The minimum atomic E-state index is 0.273. The van der Waals surface area contributed by atoms with Gasteiger partial charge >= 0.3 is 0 Å². The first-order valence-electron chi connectivity index (χ1n) is 15.3. The van der Waals surface area contributed by atoms with Crippen molar-refractivity contribution in [2.75, 3.05) is 11.9 Å². The second-order valence-electron chi connectivity index (χ2n) is 11.6. The maximum absolute atomic E-state index is 6.33. The summed E-state index contributed by atoms with van der Waals surface area (Å²) in [5, 5.41) is 6.23. The molecule has 0 aromatic heterocycles. The maximum Gasteiger partial charge on any atom is 0.175 e. The molecule has 220 valence electrons. The minimum absolute atomic E-state index is 0.273. The van der Waals surface area contributed by atoms with E-state index < -0.39 is 0 Å². The van der Waals surface area contributed by atoms with Crippen molar-refractivity contribution in [2.45, 2.75) is 38.8 Å². The third-order valence-electron chi connectivity index (χ3n) is 8.72. The SMILES string of the molecule is CCOc1cc(C=Nc2ccc([C@@H]3Nc4ccc(C)cc4[C@@H]4C=CC[C@@H]43)cc2)cc(Br)c1OCc1cccc2ccccc12. The lowest BCUT2D eigenvalue weighted by molar-refractivity contribution is 0.268. The van der Waals surface area contributed by atoms with Gasteiger partial charge in [-0.2, -0.15) is 0 Å². The lowest BCUT2D eigenvalue weighted by atomic mass is 9.76. The molecule has 0 spiro atoms. The fourth-order valence-corrected chi connectivity index (χ4v) is 7.17. The molecule has 1 heterocycles. The quantitative estimate of drug-likeness (QED) is 0.135. The van der Waals surface area contributed by atoms with E-state index in [1.165, 1.54) is 33.2 Å². The summed E-state index contributed by atoms with van der Waals surface area (Å²) in [5.74, 6) is 2.37. The number of halogens is 1. The molecule has 5 heteroatoms. The Kier molecular flexibility index (Phi) is 7.97. The second kappa shape index (κ2) is 12.3. The maximum atomic E-state index is 6.33. The van der Waals surface area contributed by atoms with E-state index in [-0.39, 0.29) is 6.04 Å². The Bertz CT molecular complexity index is 1870. The average molecular weight is 644 g/mol. The highest BCUT2D eigenvalue weighted by molar-refractivity contribution is 9.10. The molecule has 0 saturated heterocycles. The number of benzene rings is 5. The molecule has 5 aromatic carbocycles. The van der Waals surface area contributed by atoms with Crippen LogP contribution >= 0.6 is 15.9 Å². The summed E-state index contributed by atoms with van der Waals surface area (Å²) in [6, 6.07) is 34.4. The van der Waals surface area contributed by atoms with Crippen LogP contribution in [-0.2, 0) is 6.61 Å². The molecule has 1 N–H and O–H groups in total. The number of rotatable bonds is 8. The van der Waals surface area contributed by atoms with Crippen LogP contribution in [0.1, 0.15) is 53.1 Å². The zero-order valence-corrected chi connectivity index (χ0v) is 26.6. The first kappa shape index (κ1) is 28.4. The largest absolute Gasteiger partial charge is 0.490 e. The number of hydrogen-bond acceptors (Lipinski definition) is 4. The molecule has 4 nitrogen and oxygen atoms in total. The van der Waals surface area contributed by atoms with E-state index in [4.69, 9.17) is 14.5 Å². The van der Waals surface area contributed by atoms with Gasteiger partial charge in [0.25, 0.3) is 0 Å². The molecule has 0 radical (unpaired) electrons. The summed E-state index contributed by atoms with van der Waals surface area (Å²) in [5.41, 5.74) is 8.25.